The van der Waals surface area contributed by atoms with Crippen molar-refractivity contribution < 1.29 is 4.74 Å². The fourth-order valence-corrected chi connectivity index (χ4v) is 0.643. The van der Waals surface area contributed by atoms with Crippen molar-refractivity contribution in [2.24, 2.45) is 0 Å². The van der Waals surface area contributed by atoms with Gasteiger partial charge in [0.05, 0.1) is 7.11 Å². The molecule has 0 atom stereocenters. The number of pyridine rings is 1. The van der Waals surface area contributed by atoms with Gasteiger partial charge in [-0.1, -0.05) is 0 Å². The van der Waals surface area contributed by atoms with Crippen molar-refractivity contribution in [3.05, 3.63) is 28.0 Å². The minimum Gasteiger partial charge on any atom is -0.482 e. The van der Waals surface area contributed by atoms with Gasteiger partial charge in [0.1, 0.15) is 0 Å². The van der Waals surface area contributed by atoms with E-state index in [1.165, 1.54) is 13.2 Å². The lowest BCUT2D eigenvalue weighted by Gasteiger charge is -1.97. The van der Waals surface area contributed by atoms with Crippen LogP contribution in [0.5, 0.6) is 5.88 Å². The van der Waals surface area contributed by atoms with Crippen molar-refractivity contribution in [1.82, 2.24) is 4.98 Å². The van der Waals surface area contributed by atoms with Gasteiger partial charge in [-0.2, -0.15) is 0 Å². The van der Waals surface area contributed by atoms with Crippen LogP contribution in [-0.2, 0) is 0 Å². The number of ether oxygens (including phenoxy) is 1. The zero-order valence-corrected chi connectivity index (χ0v) is 5.97. The molecule has 0 radical (unpaired) electrons. The molecule has 0 unspecified atom stereocenters. The second-order valence-electron chi connectivity index (χ2n) is 2.05. The normalized spacial score (nSPS) is 9.40. The number of aromatic nitrogens is 1. The Morgan fingerprint density at radius 1 is 1.60 bits per heavy atom. The van der Waals surface area contributed by atoms with Crippen molar-refractivity contribution in [3.63, 3.8) is 0 Å². The summed E-state index contributed by atoms with van der Waals surface area (Å²) in [6.45, 7) is 1.75. The summed E-state index contributed by atoms with van der Waals surface area (Å²) in [5.41, 5.74) is 0.691. The highest BCUT2D eigenvalue weighted by Gasteiger charge is 1.93. The molecule has 1 aromatic heterocycles. The summed E-state index contributed by atoms with van der Waals surface area (Å²) in [6, 6.07) is 1.43. The average molecular weight is 139 g/mol. The lowest BCUT2D eigenvalue weighted by atomic mass is 10.3. The summed E-state index contributed by atoms with van der Waals surface area (Å²) < 4.78 is 4.79. The Balaban J connectivity index is 3.17. The first-order valence-electron chi connectivity index (χ1n) is 2.97. The first-order chi connectivity index (χ1) is 4.74. The molecule has 0 saturated carbocycles. The van der Waals surface area contributed by atoms with Crippen LogP contribution in [0.4, 0.5) is 0 Å². The van der Waals surface area contributed by atoms with Gasteiger partial charge in [0.15, 0.2) is 11.3 Å². The van der Waals surface area contributed by atoms with Gasteiger partial charge in [0, 0.05) is 17.8 Å². The van der Waals surface area contributed by atoms with E-state index in [9.17, 15) is 4.79 Å². The van der Waals surface area contributed by atoms with Crippen LogP contribution in [0, 0.1) is 6.92 Å². The third kappa shape index (κ3) is 1.18. The molecule has 0 aromatic carbocycles. The molecule has 0 amide bonds. The molecule has 1 N–H and O–H groups in total. The summed E-state index contributed by atoms with van der Waals surface area (Å²) in [4.78, 5) is 13.7. The van der Waals surface area contributed by atoms with Gasteiger partial charge >= 0.3 is 0 Å². The molecule has 0 saturated heterocycles. The lowest BCUT2D eigenvalue weighted by molar-refractivity contribution is 0.397. The van der Waals surface area contributed by atoms with Crippen LogP contribution in [0.2, 0.25) is 0 Å². The molecule has 0 bridgehead atoms. The van der Waals surface area contributed by atoms with Gasteiger partial charge in [-0.25, -0.2) is 0 Å². The molecular formula is C7H9NO2. The minimum atomic E-state index is -0.00407. The molecule has 0 aliphatic heterocycles. The monoisotopic (exact) mass is 139 g/mol. The summed E-state index contributed by atoms with van der Waals surface area (Å²) in [7, 11) is 1.51. The molecule has 0 aliphatic carbocycles. The Kier molecular flexibility index (Phi) is 1.76. The number of hydrogen-bond acceptors (Lipinski definition) is 2. The van der Waals surface area contributed by atoms with E-state index in [0.717, 1.165) is 0 Å². The molecule has 1 aromatic rings. The van der Waals surface area contributed by atoms with Crippen LogP contribution >= 0.6 is 0 Å². The maximum Gasteiger partial charge on any atom is 0.194 e. The molecule has 54 valence electrons. The van der Waals surface area contributed by atoms with Crippen LogP contribution in [0.25, 0.3) is 0 Å². The topological polar surface area (TPSA) is 42.1 Å². The Bertz CT molecular complexity index is 277. The molecule has 3 nitrogen and oxygen atoms in total. The number of methoxy groups -OCH3 is 1. The van der Waals surface area contributed by atoms with E-state index in [4.69, 9.17) is 4.74 Å². The van der Waals surface area contributed by atoms with Crippen LogP contribution in [0.15, 0.2) is 17.1 Å². The van der Waals surface area contributed by atoms with E-state index >= 15 is 0 Å². The smallest absolute Gasteiger partial charge is 0.194 e. The van der Waals surface area contributed by atoms with E-state index in [0.29, 0.717) is 11.4 Å². The summed E-state index contributed by atoms with van der Waals surface area (Å²) in [6.07, 6.45) is 1.63. The largest absolute Gasteiger partial charge is 0.482 e. The Morgan fingerprint density at radius 2 is 2.30 bits per heavy atom. The minimum absolute atomic E-state index is 0.00407. The summed E-state index contributed by atoms with van der Waals surface area (Å²) in [5, 5.41) is 0. The van der Waals surface area contributed by atoms with Gasteiger partial charge in [-0.3, -0.25) is 4.79 Å². The van der Waals surface area contributed by atoms with Crippen molar-refractivity contribution in [3.8, 4) is 5.88 Å². The van der Waals surface area contributed by atoms with Gasteiger partial charge in [-0.05, 0) is 6.92 Å². The molecule has 1 rings (SSSR count). The lowest BCUT2D eigenvalue weighted by Crippen LogP contribution is -2.04. The number of nitrogens with one attached hydrogen (secondary N) is 1. The van der Waals surface area contributed by atoms with E-state index in [2.05, 4.69) is 4.98 Å². The Hall–Kier alpha value is -1.25. The van der Waals surface area contributed by atoms with E-state index in [-0.39, 0.29) is 5.43 Å². The third-order valence-corrected chi connectivity index (χ3v) is 1.30. The maximum atomic E-state index is 10.9. The Morgan fingerprint density at radius 3 is 2.80 bits per heavy atom. The van der Waals surface area contributed by atoms with Crippen LogP contribution in [0.3, 0.4) is 0 Å². The highest BCUT2D eigenvalue weighted by Crippen LogP contribution is 1.99. The number of hydrogen-bond donors (Lipinski definition) is 1. The van der Waals surface area contributed by atoms with Crippen molar-refractivity contribution in [1.29, 1.82) is 0 Å². The highest BCUT2D eigenvalue weighted by molar-refractivity contribution is 5.16. The quantitative estimate of drug-likeness (QED) is 0.622. The second kappa shape index (κ2) is 2.56. The van der Waals surface area contributed by atoms with Crippen molar-refractivity contribution in [2.45, 2.75) is 6.92 Å². The summed E-state index contributed by atoms with van der Waals surface area (Å²) in [5.74, 6) is 0.496. The van der Waals surface area contributed by atoms with Crippen molar-refractivity contribution >= 4 is 0 Å². The van der Waals surface area contributed by atoms with Gasteiger partial charge in [0.2, 0.25) is 0 Å². The molecule has 10 heavy (non-hydrogen) atoms. The highest BCUT2D eigenvalue weighted by atomic mass is 16.5. The van der Waals surface area contributed by atoms with Gasteiger partial charge < -0.3 is 9.72 Å². The van der Waals surface area contributed by atoms with E-state index < -0.39 is 0 Å². The molecule has 0 aliphatic rings. The molecule has 0 fully saturated rings. The van der Waals surface area contributed by atoms with Crippen LogP contribution in [-0.4, -0.2) is 12.1 Å². The predicted octanol–water partition coefficient (Wildman–Crippen LogP) is 0.692. The number of aryl methyl sites for hydroxylation is 1. The van der Waals surface area contributed by atoms with E-state index in [1.807, 2.05) is 0 Å². The summed E-state index contributed by atoms with van der Waals surface area (Å²) >= 11 is 0. The maximum absolute atomic E-state index is 10.9. The molecular weight excluding hydrogens is 130 g/mol. The number of rotatable bonds is 1. The average Bonchev–Trinajstić information content (AvgIpc) is 1.95. The first kappa shape index (κ1) is 6.86. The SMILES string of the molecule is COc1cc(=O)c(C)c[nH]1. The standard InChI is InChI=1S/C7H9NO2/c1-5-4-8-7(10-2)3-6(5)9/h3-4H,1-2H3,(H,8,9). The second-order valence-corrected chi connectivity index (χ2v) is 2.05. The molecule has 1 heterocycles. The van der Waals surface area contributed by atoms with E-state index in [1.54, 1.807) is 13.1 Å². The fraction of sp³-hybridized carbons (Fsp3) is 0.286. The van der Waals surface area contributed by atoms with Crippen molar-refractivity contribution in [2.75, 3.05) is 7.11 Å². The van der Waals surface area contributed by atoms with Crippen LogP contribution < -0.4 is 10.2 Å². The fourth-order valence-electron chi connectivity index (χ4n) is 0.643. The van der Waals surface area contributed by atoms with Crippen LogP contribution in [0.1, 0.15) is 5.56 Å². The number of H-pyrrole nitrogens is 1. The van der Waals surface area contributed by atoms with Gasteiger partial charge in [-0.15, -0.1) is 0 Å². The third-order valence-electron chi connectivity index (χ3n) is 1.30. The zero-order valence-electron chi connectivity index (χ0n) is 5.97. The van der Waals surface area contributed by atoms with Gasteiger partial charge in [0.25, 0.3) is 0 Å². The molecule has 3 heteroatoms. The molecule has 0 spiro atoms. The number of aromatic amines is 1. The zero-order chi connectivity index (χ0) is 7.56. The Labute approximate surface area is 58.7 Å². The predicted molar refractivity (Wildman–Crippen MR) is 38.4 cm³/mol. The first-order valence-corrected chi connectivity index (χ1v) is 2.97.